The summed E-state index contributed by atoms with van der Waals surface area (Å²) < 4.78 is 0. The number of amides is 1. The Kier molecular flexibility index (Phi) is 12.7. The average molecular weight is 246 g/mol. The van der Waals surface area contributed by atoms with E-state index in [9.17, 15) is 4.79 Å². The second-order valence-electron chi connectivity index (χ2n) is 3.93. The fourth-order valence-corrected chi connectivity index (χ4v) is 1.97. The molecule has 0 heterocycles. The largest absolute Gasteiger partial charge is 0.359 e. The number of nitrogens with one attached hydrogen (secondary N) is 2. The fraction of sp³-hybridized carbons (Fsp3) is 0.917. The average Bonchev–Trinajstić information content (AvgIpc) is 2.31. The Labute approximate surface area is 104 Å². The Morgan fingerprint density at radius 2 is 1.75 bits per heavy atom. The first-order valence-electron chi connectivity index (χ1n) is 6.21. The molecule has 3 nitrogen and oxygen atoms in total. The van der Waals surface area contributed by atoms with Crippen LogP contribution in [0.1, 0.15) is 38.5 Å². The van der Waals surface area contributed by atoms with Crippen molar-refractivity contribution in [1.29, 1.82) is 0 Å². The smallest absolute Gasteiger partial charge is 0.219 e. The molecule has 0 aliphatic heterocycles. The highest BCUT2D eigenvalue weighted by Crippen LogP contribution is 2.03. The highest BCUT2D eigenvalue weighted by atomic mass is 32.2. The summed E-state index contributed by atoms with van der Waals surface area (Å²) in [5.41, 5.74) is 0. The molecule has 0 radical (unpaired) electrons. The zero-order valence-electron chi connectivity index (χ0n) is 10.7. The minimum absolute atomic E-state index is 0.138. The van der Waals surface area contributed by atoms with Crippen molar-refractivity contribution in [3.05, 3.63) is 0 Å². The van der Waals surface area contributed by atoms with Crippen LogP contribution in [0.2, 0.25) is 0 Å². The molecular formula is C12H26N2OS. The minimum atomic E-state index is 0.138. The fourth-order valence-electron chi connectivity index (χ4n) is 1.47. The van der Waals surface area contributed by atoms with Crippen molar-refractivity contribution in [2.24, 2.45) is 0 Å². The molecular weight excluding hydrogens is 220 g/mol. The molecule has 0 unspecified atom stereocenters. The van der Waals surface area contributed by atoms with Gasteiger partial charge in [0.05, 0.1) is 0 Å². The van der Waals surface area contributed by atoms with E-state index in [4.69, 9.17) is 0 Å². The zero-order chi connectivity index (χ0) is 12.1. The van der Waals surface area contributed by atoms with Crippen LogP contribution in [0, 0.1) is 0 Å². The van der Waals surface area contributed by atoms with Crippen LogP contribution in [-0.4, -0.2) is 38.1 Å². The van der Waals surface area contributed by atoms with E-state index in [1.807, 2.05) is 11.8 Å². The van der Waals surface area contributed by atoms with E-state index in [-0.39, 0.29) is 5.91 Å². The number of carbonyl (C=O) groups is 1. The van der Waals surface area contributed by atoms with Crippen molar-refractivity contribution in [1.82, 2.24) is 10.6 Å². The lowest BCUT2D eigenvalue weighted by molar-refractivity contribution is -0.120. The van der Waals surface area contributed by atoms with Gasteiger partial charge in [0.2, 0.25) is 5.91 Å². The summed E-state index contributed by atoms with van der Waals surface area (Å²) >= 11 is 1.93. The summed E-state index contributed by atoms with van der Waals surface area (Å²) in [6.07, 6.45) is 9.01. The molecule has 0 aliphatic carbocycles. The summed E-state index contributed by atoms with van der Waals surface area (Å²) in [5.74, 6) is 1.43. The third-order valence-corrected chi connectivity index (χ3v) is 3.19. The van der Waals surface area contributed by atoms with E-state index >= 15 is 0 Å². The lowest BCUT2D eigenvalue weighted by Gasteiger charge is -2.04. The molecule has 0 spiro atoms. The minimum Gasteiger partial charge on any atom is -0.359 e. The van der Waals surface area contributed by atoms with Crippen LogP contribution in [0.3, 0.4) is 0 Å². The molecule has 0 fully saturated rings. The van der Waals surface area contributed by atoms with Crippen molar-refractivity contribution in [2.75, 3.05) is 32.1 Å². The van der Waals surface area contributed by atoms with E-state index < -0.39 is 0 Å². The van der Waals surface area contributed by atoms with Crippen molar-refractivity contribution >= 4 is 17.7 Å². The quantitative estimate of drug-likeness (QED) is 0.548. The third kappa shape index (κ3) is 11.9. The number of thioether (sulfide) groups is 1. The summed E-state index contributed by atoms with van der Waals surface area (Å²) in [7, 11) is 1.68. The van der Waals surface area contributed by atoms with Gasteiger partial charge in [-0.05, 0) is 44.4 Å². The molecule has 0 saturated heterocycles. The maximum atomic E-state index is 10.9. The van der Waals surface area contributed by atoms with Crippen LogP contribution in [0.25, 0.3) is 0 Å². The van der Waals surface area contributed by atoms with Gasteiger partial charge in [-0.3, -0.25) is 4.79 Å². The monoisotopic (exact) mass is 246 g/mol. The van der Waals surface area contributed by atoms with Crippen LogP contribution in [0.4, 0.5) is 0 Å². The molecule has 16 heavy (non-hydrogen) atoms. The van der Waals surface area contributed by atoms with Crippen molar-refractivity contribution in [2.45, 2.75) is 38.5 Å². The molecule has 2 N–H and O–H groups in total. The Morgan fingerprint density at radius 1 is 1.06 bits per heavy atom. The van der Waals surface area contributed by atoms with Gasteiger partial charge in [-0.15, -0.1) is 0 Å². The summed E-state index contributed by atoms with van der Waals surface area (Å²) in [6.45, 7) is 2.05. The number of hydrogen-bond donors (Lipinski definition) is 2. The Hall–Kier alpha value is -0.220. The van der Waals surface area contributed by atoms with E-state index in [1.54, 1.807) is 7.05 Å². The van der Waals surface area contributed by atoms with E-state index in [0.717, 1.165) is 19.5 Å². The van der Waals surface area contributed by atoms with Crippen LogP contribution < -0.4 is 10.6 Å². The molecule has 0 aromatic heterocycles. The highest BCUT2D eigenvalue weighted by Gasteiger charge is 1.96. The van der Waals surface area contributed by atoms with E-state index in [1.165, 1.54) is 31.4 Å². The summed E-state index contributed by atoms with van der Waals surface area (Å²) in [4.78, 5) is 10.9. The predicted molar refractivity (Wildman–Crippen MR) is 73.0 cm³/mol. The van der Waals surface area contributed by atoms with Gasteiger partial charge in [-0.25, -0.2) is 0 Å². The zero-order valence-corrected chi connectivity index (χ0v) is 11.5. The Bertz CT molecular complexity index is 165. The number of rotatable bonds is 11. The van der Waals surface area contributed by atoms with Gasteiger partial charge >= 0.3 is 0 Å². The summed E-state index contributed by atoms with van der Waals surface area (Å²) in [5, 5.41) is 6.00. The molecule has 0 rings (SSSR count). The maximum Gasteiger partial charge on any atom is 0.219 e. The molecule has 4 heteroatoms. The molecule has 0 aromatic rings. The van der Waals surface area contributed by atoms with Gasteiger partial charge in [0.15, 0.2) is 0 Å². The molecule has 1 amide bonds. The predicted octanol–water partition coefficient (Wildman–Crippen LogP) is 2.03. The third-order valence-electron chi connectivity index (χ3n) is 2.49. The molecule has 96 valence electrons. The van der Waals surface area contributed by atoms with Crippen LogP contribution in [0.5, 0.6) is 0 Å². The van der Waals surface area contributed by atoms with Crippen LogP contribution in [-0.2, 0) is 4.79 Å². The maximum absolute atomic E-state index is 10.9. The molecule has 0 aliphatic rings. The number of hydrogen-bond acceptors (Lipinski definition) is 3. The second-order valence-corrected chi connectivity index (χ2v) is 4.92. The van der Waals surface area contributed by atoms with Crippen LogP contribution in [0.15, 0.2) is 0 Å². The van der Waals surface area contributed by atoms with E-state index in [2.05, 4.69) is 16.9 Å². The van der Waals surface area contributed by atoms with Gasteiger partial charge in [-0.1, -0.05) is 12.8 Å². The van der Waals surface area contributed by atoms with Crippen molar-refractivity contribution in [3.8, 4) is 0 Å². The SMILES string of the molecule is CNC(=O)CCCNCCCCCCSC. The molecule has 0 atom stereocenters. The number of carbonyl (C=O) groups excluding carboxylic acids is 1. The van der Waals surface area contributed by atoms with Crippen LogP contribution >= 0.6 is 11.8 Å². The molecule has 0 aromatic carbocycles. The van der Waals surface area contributed by atoms with Gasteiger partial charge in [0.25, 0.3) is 0 Å². The standard InChI is InChI=1S/C12H26N2OS/c1-13-12(15)8-7-10-14-9-5-3-4-6-11-16-2/h14H,3-11H2,1-2H3,(H,13,15). The van der Waals surface area contributed by atoms with Crippen molar-refractivity contribution < 1.29 is 4.79 Å². The number of unbranched alkanes of at least 4 members (excludes halogenated alkanes) is 3. The Morgan fingerprint density at radius 3 is 2.44 bits per heavy atom. The van der Waals surface area contributed by atoms with Gasteiger partial charge in [0.1, 0.15) is 0 Å². The lowest BCUT2D eigenvalue weighted by atomic mass is 10.2. The Balaban J connectivity index is 2.96. The molecule has 0 bridgehead atoms. The van der Waals surface area contributed by atoms with E-state index in [0.29, 0.717) is 6.42 Å². The van der Waals surface area contributed by atoms with Gasteiger partial charge in [0, 0.05) is 13.5 Å². The van der Waals surface area contributed by atoms with Crippen molar-refractivity contribution in [3.63, 3.8) is 0 Å². The van der Waals surface area contributed by atoms with Gasteiger partial charge < -0.3 is 10.6 Å². The summed E-state index contributed by atoms with van der Waals surface area (Å²) in [6, 6.07) is 0. The topological polar surface area (TPSA) is 41.1 Å². The first-order chi connectivity index (χ1) is 7.81. The second kappa shape index (κ2) is 12.8. The lowest BCUT2D eigenvalue weighted by Crippen LogP contribution is -2.21. The normalized spacial score (nSPS) is 10.4. The molecule has 0 saturated carbocycles. The highest BCUT2D eigenvalue weighted by molar-refractivity contribution is 7.98. The van der Waals surface area contributed by atoms with Gasteiger partial charge in [-0.2, -0.15) is 11.8 Å². The first-order valence-corrected chi connectivity index (χ1v) is 7.61. The first kappa shape index (κ1) is 15.8.